The van der Waals surface area contributed by atoms with Crippen molar-refractivity contribution in [3.05, 3.63) is 66.0 Å². The summed E-state index contributed by atoms with van der Waals surface area (Å²) in [5.41, 5.74) is 0.192. The van der Waals surface area contributed by atoms with E-state index >= 15 is 0 Å². The van der Waals surface area contributed by atoms with Gasteiger partial charge in [-0.2, -0.15) is 12.7 Å². The van der Waals surface area contributed by atoms with Gasteiger partial charge in [0.05, 0.1) is 5.69 Å². The number of hydrogen-bond acceptors (Lipinski definition) is 4. The van der Waals surface area contributed by atoms with Gasteiger partial charge in [0.25, 0.3) is 0 Å². The van der Waals surface area contributed by atoms with Gasteiger partial charge in [-0.1, -0.05) is 42.5 Å². The molecule has 0 aliphatic carbocycles. The van der Waals surface area contributed by atoms with Crippen LogP contribution in [0.5, 0.6) is 0 Å². The molecule has 0 aromatic heterocycles. The molecule has 0 unspecified atom stereocenters. The van der Waals surface area contributed by atoms with Gasteiger partial charge in [0.2, 0.25) is 11.8 Å². The van der Waals surface area contributed by atoms with Crippen molar-refractivity contribution in [2.75, 3.05) is 31.5 Å². The zero-order chi connectivity index (χ0) is 26.4. The fourth-order valence-electron chi connectivity index (χ4n) is 3.40. The first-order valence-electron chi connectivity index (χ1n) is 11.3. The fraction of sp³-hybridized carbons (Fsp3) is 0.440. The average molecular weight is 507 g/mol. The van der Waals surface area contributed by atoms with Crippen molar-refractivity contribution in [2.24, 2.45) is 0 Å². The summed E-state index contributed by atoms with van der Waals surface area (Å²) in [6.45, 7) is 6.60. The van der Waals surface area contributed by atoms with Gasteiger partial charge in [-0.3, -0.25) is 9.59 Å². The maximum Gasteiger partial charge on any atom is 0.304 e. The highest BCUT2D eigenvalue weighted by atomic mass is 32.2. The Kier molecular flexibility index (Phi) is 9.39. The summed E-state index contributed by atoms with van der Waals surface area (Å²) in [7, 11) is -1.59. The fourth-order valence-corrected chi connectivity index (χ4v) is 4.46. The highest BCUT2D eigenvalue weighted by molar-refractivity contribution is 7.90. The van der Waals surface area contributed by atoms with E-state index in [1.54, 1.807) is 6.92 Å². The predicted octanol–water partition coefficient (Wildman–Crippen LogP) is 2.81. The molecule has 2 amide bonds. The number of carbonyl (C=O) groups is 2. The zero-order valence-corrected chi connectivity index (χ0v) is 22.0. The second-order valence-electron chi connectivity index (χ2n) is 9.49. The lowest BCUT2D eigenvalue weighted by Gasteiger charge is -2.34. The van der Waals surface area contributed by atoms with Gasteiger partial charge in [-0.05, 0) is 51.8 Å². The van der Waals surface area contributed by atoms with Gasteiger partial charge in [0.15, 0.2) is 0 Å². The molecule has 2 aromatic carbocycles. The lowest BCUT2D eigenvalue weighted by atomic mass is 10.1. The minimum atomic E-state index is -4.21. The number of amides is 2. The number of para-hydroxylation sites is 1. The molecule has 10 heteroatoms. The Labute approximate surface area is 207 Å². The van der Waals surface area contributed by atoms with Crippen molar-refractivity contribution >= 4 is 27.7 Å². The van der Waals surface area contributed by atoms with E-state index in [9.17, 15) is 22.4 Å². The van der Waals surface area contributed by atoms with Crippen LogP contribution in [0.4, 0.5) is 10.1 Å². The molecule has 2 aromatic rings. The summed E-state index contributed by atoms with van der Waals surface area (Å²) in [6.07, 6.45) is 0.458. The molecule has 0 aliphatic heterocycles. The van der Waals surface area contributed by atoms with Crippen molar-refractivity contribution in [3.63, 3.8) is 0 Å². The molecular formula is C25H35FN4O4S. The third-order valence-corrected chi connectivity index (χ3v) is 7.10. The Morgan fingerprint density at radius 1 is 1.00 bits per heavy atom. The number of nitrogens with one attached hydrogen (secondary N) is 1. The van der Waals surface area contributed by atoms with Crippen LogP contribution in [0.1, 0.15) is 33.3 Å². The van der Waals surface area contributed by atoms with Crippen LogP contribution in [0, 0.1) is 5.82 Å². The van der Waals surface area contributed by atoms with Crippen molar-refractivity contribution in [3.8, 4) is 0 Å². The summed E-state index contributed by atoms with van der Waals surface area (Å²) < 4.78 is 42.4. The number of nitrogens with zero attached hydrogens (tertiary/aromatic N) is 3. The summed E-state index contributed by atoms with van der Waals surface area (Å²) in [4.78, 5) is 27.8. The summed E-state index contributed by atoms with van der Waals surface area (Å²) >= 11 is 0. The van der Waals surface area contributed by atoms with E-state index < -0.39 is 40.1 Å². The van der Waals surface area contributed by atoms with Crippen LogP contribution in [-0.2, 0) is 26.2 Å². The molecule has 2 rings (SSSR count). The van der Waals surface area contributed by atoms with Crippen LogP contribution >= 0.6 is 0 Å². The van der Waals surface area contributed by atoms with E-state index in [2.05, 4.69) is 5.32 Å². The van der Waals surface area contributed by atoms with Crippen molar-refractivity contribution < 1.29 is 22.4 Å². The van der Waals surface area contributed by atoms with Gasteiger partial charge in [-0.25, -0.2) is 8.70 Å². The maximum atomic E-state index is 14.6. The average Bonchev–Trinajstić information content (AvgIpc) is 2.77. The number of rotatable bonds is 10. The monoisotopic (exact) mass is 506 g/mol. The van der Waals surface area contributed by atoms with Gasteiger partial charge < -0.3 is 10.2 Å². The standard InChI is InChI=1S/C25H35FN4O4S/c1-19(24(32)27-25(2,3)4)29(17-16-20-12-8-7-9-13-20)23(31)18-30(35(33,34)28(5)6)22-15-11-10-14-21(22)26/h7-15,19H,16-18H2,1-6H3,(H,27,32)/t19-/m1/s1. The van der Waals surface area contributed by atoms with Crippen LogP contribution < -0.4 is 9.62 Å². The molecule has 0 aliphatic rings. The molecule has 0 saturated heterocycles. The van der Waals surface area contributed by atoms with Gasteiger partial charge >= 0.3 is 10.2 Å². The minimum Gasteiger partial charge on any atom is -0.350 e. The highest BCUT2D eigenvalue weighted by Gasteiger charge is 2.34. The summed E-state index contributed by atoms with van der Waals surface area (Å²) in [5.74, 6) is -1.77. The lowest BCUT2D eigenvalue weighted by Crippen LogP contribution is -2.55. The third kappa shape index (κ3) is 7.76. The molecule has 0 spiro atoms. The number of benzene rings is 2. The van der Waals surface area contributed by atoms with Crippen LogP contribution in [0.3, 0.4) is 0 Å². The number of anilines is 1. The molecule has 192 valence electrons. The molecular weight excluding hydrogens is 471 g/mol. The van der Waals surface area contributed by atoms with Crippen LogP contribution in [0.25, 0.3) is 0 Å². The predicted molar refractivity (Wildman–Crippen MR) is 136 cm³/mol. The largest absolute Gasteiger partial charge is 0.350 e. The Hall–Kier alpha value is -2.98. The van der Waals surface area contributed by atoms with E-state index in [0.29, 0.717) is 6.42 Å². The Morgan fingerprint density at radius 3 is 2.11 bits per heavy atom. The number of hydrogen-bond donors (Lipinski definition) is 1. The van der Waals surface area contributed by atoms with Crippen LogP contribution in [0.15, 0.2) is 54.6 Å². The maximum absolute atomic E-state index is 14.6. The Balaban J connectivity index is 2.41. The van der Waals surface area contributed by atoms with Crippen LogP contribution in [0.2, 0.25) is 0 Å². The molecule has 1 N–H and O–H groups in total. The van der Waals surface area contributed by atoms with Gasteiger partial charge in [0, 0.05) is 26.2 Å². The Morgan fingerprint density at radius 2 is 1.57 bits per heavy atom. The number of halogens is 1. The zero-order valence-electron chi connectivity index (χ0n) is 21.2. The van der Waals surface area contributed by atoms with E-state index in [0.717, 1.165) is 20.2 Å². The van der Waals surface area contributed by atoms with Gasteiger partial charge in [-0.15, -0.1) is 0 Å². The van der Waals surface area contributed by atoms with E-state index in [4.69, 9.17) is 0 Å². The molecule has 8 nitrogen and oxygen atoms in total. The number of carbonyl (C=O) groups excluding carboxylic acids is 2. The normalized spacial score (nSPS) is 12.8. The van der Waals surface area contributed by atoms with E-state index in [-0.39, 0.29) is 18.1 Å². The molecule has 0 radical (unpaired) electrons. The second-order valence-corrected chi connectivity index (χ2v) is 11.6. The first-order chi connectivity index (χ1) is 16.2. The molecule has 0 saturated carbocycles. The smallest absolute Gasteiger partial charge is 0.304 e. The summed E-state index contributed by atoms with van der Waals surface area (Å²) in [6, 6.07) is 13.9. The van der Waals surface area contributed by atoms with Crippen molar-refractivity contribution in [1.82, 2.24) is 14.5 Å². The summed E-state index contributed by atoms with van der Waals surface area (Å²) in [5, 5.41) is 2.86. The minimum absolute atomic E-state index is 0.175. The SMILES string of the molecule is C[C@H](C(=O)NC(C)(C)C)N(CCc1ccccc1)C(=O)CN(c1ccccc1F)S(=O)(=O)N(C)C. The second kappa shape index (κ2) is 11.6. The first-order valence-corrected chi connectivity index (χ1v) is 12.7. The third-order valence-electron chi connectivity index (χ3n) is 5.29. The molecule has 0 fully saturated rings. The highest BCUT2D eigenvalue weighted by Crippen LogP contribution is 2.23. The lowest BCUT2D eigenvalue weighted by molar-refractivity contribution is -0.139. The van der Waals surface area contributed by atoms with Gasteiger partial charge in [0.1, 0.15) is 18.4 Å². The Bertz CT molecular complexity index is 1120. The first kappa shape index (κ1) is 28.3. The van der Waals surface area contributed by atoms with Crippen molar-refractivity contribution in [1.29, 1.82) is 0 Å². The van der Waals surface area contributed by atoms with E-state index in [1.165, 1.54) is 37.2 Å². The van der Waals surface area contributed by atoms with E-state index in [1.807, 2.05) is 51.1 Å². The molecule has 0 bridgehead atoms. The van der Waals surface area contributed by atoms with Crippen molar-refractivity contribution in [2.45, 2.75) is 45.7 Å². The topological polar surface area (TPSA) is 90.0 Å². The van der Waals surface area contributed by atoms with Crippen LogP contribution in [-0.4, -0.2) is 68.2 Å². The molecule has 0 heterocycles. The quantitative estimate of drug-likeness (QED) is 0.537. The molecule has 1 atom stereocenters. The molecule has 35 heavy (non-hydrogen) atoms.